The van der Waals surface area contributed by atoms with E-state index in [2.05, 4.69) is 25.7 Å². The van der Waals surface area contributed by atoms with E-state index in [1.54, 1.807) is 0 Å². The van der Waals surface area contributed by atoms with Crippen LogP contribution >= 0.6 is 0 Å². The fourth-order valence-corrected chi connectivity index (χ4v) is 7.41. The summed E-state index contributed by atoms with van der Waals surface area (Å²) in [6, 6.07) is 0. The van der Waals surface area contributed by atoms with E-state index >= 15 is 0 Å². The van der Waals surface area contributed by atoms with Crippen LogP contribution in [0.2, 0.25) is 0 Å². The zero-order valence-electron chi connectivity index (χ0n) is 36.1. The van der Waals surface area contributed by atoms with Gasteiger partial charge in [0.1, 0.15) is 6.10 Å². The van der Waals surface area contributed by atoms with Crippen molar-refractivity contribution in [2.75, 3.05) is 32.8 Å². The van der Waals surface area contributed by atoms with Gasteiger partial charge in [-0.25, -0.2) is 0 Å². The summed E-state index contributed by atoms with van der Waals surface area (Å²) >= 11 is 0. The number of nitrogens with zero attached hydrogens (tertiary/aromatic N) is 1. The van der Waals surface area contributed by atoms with Crippen molar-refractivity contribution < 1.29 is 24.2 Å². The molecule has 0 rings (SSSR count). The number of hydrogen-bond acceptors (Lipinski definition) is 6. The minimum absolute atomic E-state index is 0.0191. The van der Waals surface area contributed by atoms with Crippen molar-refractivity contribution in [3.63, 3.8) is 0 Å². The molecule has 0 aliphatic heterocycles. The smallest absolute Gasteiger partial charge is 0.306 e. The van der Waals surface area contributed by atoms with Crippen molar-refractivity contribution in [2.45, 2.75) is 258 Å². The quantitative estimate of drug-likeness (QED) is 0.0493. The Morgan fingerprint density at radius 1 is 0.434 bits per heavy atom. The minimum atomic E-state index is -0.0191. The Morgan fingerprint density at radius 3 is 1.25 bits per heavy atom. The number of aliphatic hydroxyl groups is 1. The zero-order chi connectivity index (χ0) is 38.7. The molecule has 0 aromatic carbocycles. The minimum Gasteiger partial charge on any atom is -0.466 e. The van der Waals surface area contributed by atoms with Crippen molar-refractivity contribution in [3.8, 4) is 0 Å². The predicted octanol–water partition coefficient (Wildman–Crippen LogP) is 13.8. The molecular weight excluding hydrogens is 659 g/mol. The molecule has 0 spiro atoms. The van der Waals surface area contributed by atoms with E-state index < -0.39 is 0 Å². The Morgan fingerprint density at radius 2 is 0.792 bits per heavy atom. The number of carbonyl (C=O) groups excluding carboxylic acids is 2. The molecule has 6 heteroatoms. The number of aliphatic hydroxyl groups excluding tert-OH is 1. The summed E-state index contributed by atoms with van der Waals surface area (Å²) < 4.78 is 11.4. The summed E-state index contributed by atoms with van der Waals surface area (Å²) in [4.78, 5) is 27.0. The Labute approximate surface area is 331 Å². The number of ether oxygens (including phenoxy) is 2. The van der Waals surface area contributed by atoms with Gasteiger partial charge in [-0.1, -0.05) is 181 Å². The highest BCUT2D eigenvalue weighted by atomic mass is 16.5. The first-order valence-electron chi connectivity index (χ1n) is 23.8. The first-order chi connectivity index (χ1) is 26.1. The lowest BCUT2D eigenvalue weighted by molar-refractivity contribution is -0.150. The highest BCUT2D eigenvalue weighted by Gasteiger charge is 2.14. The van der Waals surface area contributed by atoms with Gasteiger partial charge in [0.15, 0.2) is 0 Å². The van der Waals surface area contributed by atoms with Crippen molar-refractivity contribution >= 4 is 11.9 Å². The molecule has 6 nitrogen and oxygen atoms in total. The predicted molar refractivity (Wildman–Crippen MR) is 228 cm³/mol. The average molecular weight is 752 g/mol. The topological polar surface area (TPSA) is 76.1 Å². The molecule has 0 aromatic rings. The first kappa shape index (κ1) is 51.9. The summed E-state index contributed by atoms with van der Waals surface area (Å²) in [5.41, 5.74) is 0. The summed E-state index contributed by atoms with van der Waals surface area (Å²) in [6.07, 6.45) is 42.7. The molecule has 0 aliphatic carbocycles. The third kappa shape index (κ3) is 40.3. The number of carbonyl (C=O) groups is 2. The van der Waals surface area contributed by atoms with Gasteiger partial charge in [0, 0.05) is 19.4 Å². The fourth-order valence-electron chi connectivity index (χ4n) is 7.41. The third-order valence-corrected chi connectivity index (χ3v) is 10.9. The third-order valence-electron chi connectivity index (χ3n) is 10.9. The van der Waals surface area contributed by atoms with E-state index in [1.165, 1.54) is 167 Å². The average Bonchev–Trinajstić information content (AvgIpc) is 3.15. The van der Waals surface area contributed by atoms with Gasteiger partial charge in [0.05, 0.1) is 13.2 Å². The van der Waals surface area contributed by atoms with Crippen LogP contribution in [0, 0.1) is 0 Å². The molecule has 0 aromatic heterocycles. The van der Waals surface area contributed by atoms with Crippen molar-refractivity contribution in [2.24, 2.45) is 0 Å². The van der Waals surface area contributed by atoms with E-state index in [-0.39, 0.29) is 24.6 Å². The molecule has 53 heavy (non-hydrogen) atoms. The lowest BCUT2D eigenvalue weighted by atomic mass is 10.0. The van der Waals surface area contributed by atoms with Gasteiger partial charge in [0.25, 0.3) is 0 Å². The lowest BCUT2D eigenvalue weighted by Crippen LogP contribution is -2.29. The maximum absolute atomic E-state index is 12.7. The van der Waals surface area contributed by atoms with Gasteiger partial charge in [-0.05, 0) is 70.9 Å². The molecule has 0 fully saturated rings. The normalized spacial score (nSPS) is 12.1. The zero-order valence-corrected chi connectivity index (χ0v) is 36.1. The van der Waals surface area contributed by atoms with Crippen molar-refractivity contribution in [1.29, 1.82) is 0 Å². The number of hydrogen-bond donors (Lipinski definition) is 1. The fraction of sp³-hybridized carbons (Fsp3) is 0.957. The molecule has 0 saturated carbocycles. The Kier molecular flexibility index (Phi) is 42.6. The number of esters is 2. The van der Waals surface area contributed by atoms with Crippen LogP contribution in [0.4, 0.5) is 0 Å². The van der Waals surface area contributed by atoms with E-state index in [9.17, 15) is 14.7 Å². The Bertz CT molecular complexity index is 746. The highest BCUT2D eigenvalue weighted by Crippen LogP contribution is 2.19. The Balaban J connectivity index is 3.84. The van der Waals surface area contributed by atoms with Crippen molar-refractivity contribution in [3.05, 3.63) is 0 Å². The SMILES string of the molecule is CCCCCCCCCCCC(CCCCCC)OC(=O)CCCCCCCCCN(CCO)CCCCCCCCOC(=O)CCCCCCCC. The standard InChI is InChI=1S/C47H93NO5/c1-4-7-10-13-15-16-18-23-30-37-45(36-29-12-9-6-3)53-47(51)39-32-25-19-17-20-26-33-40-48(42-43-49)41-34-27-21-22-28-35-44-52-46(50)38-31-24-14-11-8-5-2/h45,49H,4-44H2,1-3H3. The van der Waals surface area contributed by atoms with Crippen LogP contribution in [0.25, 0.3) is 0 Å². The summed E-state index contributed by atoms with van der Waals surface area (Å²) in [7, 11) is 0. The summed E-state index contributed by atoms with van der Waals surface area (Å²) in [5.74, 6) is 0.0105. The van der Waals surface area contributed by atoms with Crippen LogP contribution in [0.15, 0.2) is 0 Å². The molecule has 0 heterocycles. The highest BCUT2D eigenvalue weighted by molar-refractivity contribution is 5.69. The molecule has 0 amide bonds. The molecular formula is C47H93NO5. The number of unbranched alkanes of at least 4 members (excludes halogenated alkanes) is 27. The summed E-state index contributed by atoms with van der Waals surface area (Å²) in [5, 5.41) is 9.54. The van der Waals surface area contributed by atoms with Crippen LogP contribution < -0.4 is 0 Å². The monoisotopic (exact) mass is 752 g/mol. The van der Waals surface area contributed by atoms with Gasteiger partial charge in [-0.15, -0.1) is 0 Å². The van der Waals surface area contributed by atoms with Gasteiger partial charge < -0.3 is 19.5 Å². The van der Waals surface area contributed by atoms with Crippen molar-refractivity contribution in [1.82, 2.24) is 4.90 Å². The maximum Gasteiger partial charge on any atom is 0.306 e. The van der Waals surface area contributed by atoms with Gasteiger partial charge in [-0.2, -0.15) is 0 Å². The van der Waals surface area contributed by atoms with E-state index in [1.807, 2.05) is 0 Å². The molecule has 0 radical (unpaired) electrons. The molecule has 1 N–H and O–H groups in total. The molecule has 316 valence electrons. The molecule has 0 aliphatic rings. The number of rotatable bonds is 44. The van der Waals surface area contributed by atoms with E-state index in [4.69, 9.17) is 9.47 Å². The van der Waals surface area contributed by atoms with E-state index in [0.717, 1.165) is 71.0 Å². The maximum atomic E-state index is 12.7. The molecule has 0 saturated heterocycles. The van der Waals surface area contributed by atoms with E-state index in [0.29, 0.717) is 19.4 Å². The summed E-state index contributed by atoms with van der Waals surface area (Å²) in [6.45, 7) is 10.5. The van der Waals surface area contributed by atoms with Crippen LogP contribution in [0.5, 0.6) is 0 Å². The Hall–Kier alpha value is -1.14. The second-order valence-electron chi connectivity index (χ2n) is 16.2. The van der Waals surface area contributed by atoms with Crippen LogP contribution in [-0.4, -0.2) is 60.9 Å². The van der Waals surface area contributed by atoms with Crippen LogP contribution in [-0.2, 0) is 19.1 Å². The van der Waals surface area contributed by atoms with Gasteiger partial charge in [-0.3, -0.25) is 9.59 Å². The molecule has 0 bridgehead atoms. The second kappa shape index (κ2) is 43.6. The lowest BCUT2D eigenvalue weighted by Gasteiger charge is -2.21. The second-order valence-corrected chi connectivity index (χ2v) is 16.2. The molecule has 1 atom stereocenters. The van der Waals surface area contributed by atoms with Gasteiger partial charge in [0.2, 0.25) is 0 Å². The van der Waals surface area contributed by atoms with Crippen LogP contribution in [0.1, 0.15) is 252 Å². The largest absolute Gasteiger partial charge is 0.466 e. The van der Waals surface area contributed by atoms with Crippen LogP contribution in [0.3, 0.4) is 0 Å². The molecule has 1 unspecified atom stereocenters. The van der Waals surface area contributed by atoms with Gasteiger partial charge >= 0.3 is 11.9 Å². The first-order valence-corrected chi connectivity index (χ1v) is 23.8.